The van der Waals surface area contributed by atoms with Gasteiger partial charge >= 0.3 is 0 Å². The molecule has 29 heavy (non-hydrogen) atoms. The summed E-state index contributed by atoms with van der Waals surface area (Å²) in [4.78, 5) is 4.57. The first-order valence-electron chi connectivity index (χ1n) is 9.41. The Kier molecular flexibility index (Phi) is 6.56. The molecule has 0 fully saturated rings. The molecule has 0 radical (unpaired) electrons. The summed E-state index contributed by atoms with van der Waals surface area (Å²) in [6.07, 6.45) is 0. The Labute approximate surface area is 170 Å². The Morgan fingerprint density at radius 1 is 0.897 bits per heavy atom. The number of aromatic nitrogens is 3. The fourth-order valence-electron chi connectivity index (χ4n) is 2.94. The van der Waals surface area contributed by atoms with Crippen molar-refractivity contribution >= 4 is 0 Å². The van der Waals surface area contributed by atoms with Crippen LogP contribution < -0.4 is 24.7 Å². The van der Waals surface area contributed by atoms with Crippen LogP contribution in [-0.4, -0.2) is 42.6 Å². The van der Waals surface area contributed by atoms with Crippen LogP contribution in [-0.2, 0) is 0 Å². The predicted octanol–water partition coefficient (Wildman–Crippen LogP) is 3.33. The minimum atomic E-state index is -0.495. The SMILES string of the molecule is CCOc1ccc(-c2n[nH]c(C(N)c3ccc(OC)c(OC)c3)n2)cc1OCC. The van der Waals surface area contributed by atoms with Gasteiger partial charge in [0.05, 0.1) is 33.5 Å². The number of H-pyrrole nitrogens is 1. The van der Waals surface area contributed by atoms with Crippen LogP contribution in [0, 0.1) is 0 Å². The zero-order valence-electron chi connectivity index (χ0n) is 17.1. The summed E-state index contributed by atoms with van der Waals surface area (Å²) in [5, 5.41) is 7.25. The zero-order valence-corrected chi connectivity index (χ0v) is 17.1. The molecule has 0 amide bonds. The molecule has 2 aromatic carbocycles. The highest BCUT2D eigenvalue weighted by molar-refractivity contribution is 5.61. The Morgan fingerprint density at radius 3 is 2.28 bits per heavy atom. The van der Waals surface area contributed by atoms with E-state index in [4.69, 9.17) is 24.7 Å². The maximum Gasteiger partial charge on any atom is 0.181 e. The molecular weight excluding hydrogens is 372 g/mol. The van der Waals surface area contributed by atoms with E-state index in [1.165, 1.54) is 0 Å². The summed E-state index contributed by atoms with van der Waals surface area (Å²) in [5.74, 6) is 3.66. The van der Waals surface area contributed by atoms with Crippen LogP contribution in [0.4, 0.5) is 0 Å². The third-order valence-corrected chi connectivity index (χ3v) is 4.37. The molecule has 154 valence electrons. The zero-order chi connectivity index (χ0) is 20.8. The fourth-order valence-corrected chi connectivity index (χ4v) is 2.94. The average Bonchev–Trinajstić information content (AvgIpc) is 3.24. The first-order chi connectivity index (χ1) is 14.1. The van der Waals surface area contributed by atoms with E-state index in [1.807, 2.05) is 50.2 Å². The number of aromatic amines is 1. The van der Waals surface area contributed by atoms with Gasteiger partial charge in [0.2, 0.25) is 0 Å². The highest BCUT2D eigenvalue weighted by atomic mass is 16.5. The van der Waals surface area contributed by atoms with Gasteiger partial charge in [0.25, 0.3) is 0 Å². The molecule has 0 bridgehead atoms. The molecule has 1 heterocycles. The number of ether oxygens (including phenoxy) is 4. The molecule has 0 aliphatic carbocycles. The second kappa shape index (κ2) is 9.29. The van der Waals surface area contributed by atoms with E-state index in [0.717, 1.165) is 11.1 Å². The van der Waals surface area contributed by atoms with Gasteiger partial charge < -0.3 is 24.7 Å². The topological polar surface area (TPSA) is 105 Å². The average molecular weight is 398 g/mol. The van der Waals surface area contributed by atoms with Crippen LogP contribution in [0.3, 0.4) is 0 Å². The number of nitrogens with zero attached hydrogens (tertiary/aromatic N) is 2. The molecule has 8 nitrogen and oxygen atoms in total. The molecule has 0 saturated heterocycles. The number of nitrogens with one attached hydrogen (secondary N) is 1. The van der Waals surface area contributed by atoms with E-state index in [0.29, 0.717) is 47.9 Å². The first-order valence-corrected chi connectivity index (χ1v) is 9.41. The lowest BCUT2D eigenvalue weighted by molar-refractivity contribution is 0.288. The van der Waals surface area contributed by atoms with Crippen molar-refractivity contribution < 1.29 is 18.9 Å². The third kappa shape index (κ3) is 4.43. The fraction of sp³-hybridized carbons (Fsp3) is 0.333. The summed E-state index contributed by atoms with van der Waals surface area (Å²) >= 11 is 0. The Bertz CT molecular complexity index is 958. The Morgan fingerprint density at radius 2 is 1.59 bits per heavy atom. The second-order valence-corrected chi connectivity index (χ2v) is 6.16. The Hall–Kier alpha value is -3.26. The molecule has 0 aliphatic rings. The minimum Gasteiger partial charge on any atom is -0.493 e. The van der Waals surface area contributed by atoms with Gasteiger partial charge in [-0.25, -0.2) is 4.98 Å². The molecule has 3 rings (SSSR count). The van der Waals surface area contributed by atoms with Crippen LogP contribution in [0.15, 0.2) is 36.4 Å². The van der Waals surface area contributed by atoms with Gasteiger partial charge in [0.15, 0.2) is 28.8 Å². The summed E-state index contributed by atoms with van der Waals surface area (Å²) in [6.45, 7) is 4.95. The van der Waals surface area contributed by atoms with Crippen molar-refractivity contribution in [1.82, 2.24) is 15.2 Å². The molecular formula is C21H26N4O4. The largest absolute Gasteiger partial charge is 0.493 e. The highest BCUT2D eigenvalue weighted by Gasteiger charge is 2.18. The second-order valence-electron chi connectivity index (χ2n) is 6.16. The molecule has 1 atom stereocenters. The lowest BCUT2D eigenvalue weighted by Gasteiger charge is -2.13. The highest BCUT2D eigenvalue weighted by Crippen LogP contribution is 2.33. The van der Waals surface area contributed by atoms with E-state index in [9.17, 15) is 0 Å². The van der Waals surface area contributed by atoms with Gasteiger partial charge in [0.1, 0.15) is 5.82 Å². The maximum atomic E-state index is 6.39. The smallest absolute Gasteiger partial charge is 0.181 e. The monoisotopic (exact) mass is 398 g/mol. The van der Waals surface area contributed by atoms with Gasteiger partial charge in [0, 0.05) is 5.56 Å². The van der Waals surface area contributed by atoms with E-state index in [2.05, 4.69) is 15.2 Å². The molecule has 1 unspecified atom stereocenters. The summed E-state index contributed by atoms with van der Waals surface area (Å²) < 4.78 is 21.9. The maximum absolute atomic E-state index is 6.39. The number of benzene rings is 2. The van der Waals surface area contributed by atoms with E-state index in [-0.39, 0.29) is 0 Å². The molecule has 0 saturated carbocycles. The Balaban J connectivity index is 1.88. The van der Waals surface area contributed by atoms with Gasteiger partial charge in [-0.15, -0.1) is 0 Å². The quantitative estimate of drug-likeness (QED) is 0.569. The number of hydrogen-bond acceptors (Lipinski definition) is 7. The summed E-state index contributed by atoms with van der Waals surface area (Å²) in [6, 6.07) is 10.6. The number of rotatable bonds is 9. The lowest BCUT2D eigenvalue weighted by atomic mass is 10.1. The minimum absolute atomic E-state index is 0.495. The first kappa shape index (κ1) is 20.5. The normalized spacial score (nSPS) is 11.8. The van der Waals surface area contributed by atoms with E-state index in [1.54, 1.807) is 14.2 Å². The van der Waals surface area contributed by atoms with Crippen molar-refractivity contribution in [2.75, 3.05) is 27.4 Å². The van der Waals surface area contributed by atoms with Crippen LogP contribution in [0.1, 0.15) is 31.3 Å². The van der Waals surface area contributed by atoms with Crippen molar-refractivity contribution in [3.05, 3.63) is 47.8 Å². The van der Waals surface area contributed by atoms with Crippen molar-refractivity contribution in [2.24, 2.45) is 5.73 Å². The van der Waals surface area contributed by atoms with E-state index < -0.39 is 6.04 Å². The van der Waals surface area contributed by atoms with Gasteiger partial charge in [-0.1, -0.05) is 6.07 Å². The number of hydrogen-bond donors (Lipinski definition) is 2. The van der Waals surface area contributed by atoms with Gasteiger partial charge in [-0.3, -0.25) is 5.10 Å². The molecule has 0 spiro atoms. The van der Waals surface area contributed by atoms with Crippen molar-refractivity contribution in [3.63, 3.8) is 0 Å². The summed E-state index contributed by atoms with van der Waals surface area (Å²) in [7, 11) is 3.18. The van der Waals surface area contributed by atoms with E-state index >= 15 is 0 Å². The number of nitrogens with two attached hydrogens (primary N) is 1. The predicted molar refractivity (Wildman–Crippen MR) is 110 cm³/mol. The van der Waals surface area contributed by atoms with Crippen LogP contribution in [0.25, 0.3) is 11.4 Å². The van der Waals surface area contributed by atoms with Crippen LogP contribution in [0.2, 0.25) is 0 Å². The summed E-state index contributed by atoms with van der Waals surface area (Å²) in [5.41, 5.74) is 8.02. The van der Waals surface area contributed by atoms with Gasteiger partial charge in [-0.05, 0) is 49.7 Å². The molecule has 8 heteroatoms. The van der Waals surface area contributed by atoms with Crippen molar-refractivity contribution in [3.8, 4) is 34.4 Å². The van der Waals surface area contributed by atoms with Crippen molar-refractivity contribution in [2.45, 2.75) is 19.9 Å². The van der Waals surface area contributed by atoms with Crippen LogP contribution in [0.5, 0.6) is 23.0 Å². The van der Waals surface area contributed by atoms with Crippen LogP contribution >= 0.6 is 0 Å². The lowest BCUT2D eigenvalue weighted by Crippen LogP contribution is -2.14. The van der Waals surface area contributed by atoms with Gasteiger partial charge in [-0.2, -0.15) is 5.10 Å². The third-order valence-electron chi connectivity index (χ3n) is 4.37. The molecule has 0 aliphatic heterocycles. The molecule has 1 aromatic heterocycles. The standard InChI is InChI=1S/C21H26N4O4/c1-5-28-16-10-8-14(12-18(16)29-6-2)20-23-21(25-24-20)19(22)13-7-9-15(26-3)17(11-13)27-4/h7-12,19H,5-6,22H2,1-4H3,(H,23,24,25). The van der Waals surface area contributed by atoms with Crippen molar-refractivity contribution in [1.29, 1.82) is 0 Å². The molecule has 3 N–H and O–H groups in total. The molecule has 3 aromatic rings. The number of methoxy groups -OCH3 is 2.